The van der Waals surface area contributed by atoms with Crippen molar-refractivity contribution in [1.82, 2.24) is 0 Å². The Kier molecular flexibility index (Phi) is 2.21. The minimum absolute atomic E-state index is 0.162. The first-order valence-corrected chi connectivity index (χ1v) is 4.65. The Balaban J connectivity index is 2.29. The van der Waals surface area contributed by atoms with E-state index in [9.17, 15) is 13.2 Å². The second kappa shape index (κ2) is 3.26. The van der Waals surface area contributed by atoms with Gasteiger partial charge in [0.25, 0.3) is 0 Å². The maximum Gasteiger partial charge on any atom is 0.416 e. The third kappa shape index (κ3) is 1.74. The molecule has 0 radical (unpaired) electrons. The molecule has 1 aliphatic heterocycles. The molecule has 1 nitrogen and oxygen atoms in total. The quantitative estimate of drug-likeness (QED) is 0.602. The van der Waals surface area contributed by atoms with Gasteiger partial charge in [0, 0.05) is 12.5 Å². The summed E-state index contributed by atoms with van der Waals surface area (Å²) in [6.07, 6.45) is 1.79. The zero-order valence-corrected chi connectivity index (χ0v) is 7.56. The van der Waals surface area contributed by atoms with Crippen molar-refractivity contribution >= 4 is 5.71 Å². The minimum atomic E-state index is -4.23. The Morgan fingerprint density at radius 1 is 1.36 bits per heavy atom. The molecule has 14 heavy (non-hydrogen) atoms. The molecule has 1 unspecified atom stereocenters. The van der Waals surface area contributed by atoms with E-state index in [-0.39, 0.29) is 5.92 Å². The first kappa shape index (κ1) is 9.49. The van der Waals surface area contributed by atoms with E-state index in [1.807, 2.05) is 0 Å². The summed E-state index contributed by atoms with van der Waals surface area (Å²) in [5, 5.41) is 0. The third-order valence-electron chi connectivity index (χ3n) is 2.57. The van der Waals surface area contributed by atoms with Gasteiger partial charge in [-0.1, -0.05) is 12.2 Å². The average molecular weight is 202 g/mol. The van der Waals surface area contributed by atoms with Crippen molar-refractivity contribution in [1.29, 1.82) is 0 Å². The molecule has 0 aromatic rings. The molecule has 1 N–H and O–H groups in total. The summed E-state index contributed by atoms with van der Waals surface area (Å²) in [4.78, 5) is 3.01. The second-order valence-electron chi connectivity index (χ2n) is 3.59. The Hall–Kier alpha value is -1.06. The number of nitrogens with one attached hydrogen (secondary N) is 1. The molecule has 0 spiro atoms. The summed E-state index contributed by atoms with van der Waals surface area (Å²) >= 11 is 0. The van der Waals surface area contributed by atoms with Crippen molar-refractivity contribution in [2.45, 2.75) is 19.0 Å². The fourth-order valence-corrected chi connectivity index (χ4v) is 1.81. The van der Waals surface area contributed by atoms with Crippen molar-refractivity contribution in [3.05, 3.63) is 23.8 Å². The van der Waals surface area contributed by atoms with E-state index < -0.39 is 11.7 Å². The minimum Gasteiger partial charge on any atom is -0.245 e. The van der Waals surface area contributed by atoms with E-state index in [1.165, 1.54) is 12.2 Å². The van der Waals surface area contributed by atoms with Crippen molar-refractivity contribution in [3.63, 3.8) is 0 Å². The van der Waals surface area contributed by atoms with Gasteiger partial charge in [0.1, 0.15) is 6.54 Å². The van der Waals surface area contributed by atoms with Gasteiger partial charge in [0.2, 0.25) is 0 Å². The van der Waals surface area contributed by atoms with E-state index in [1.54, 1.807) is 6.08 Å². The van der Waals surface area contributed by atoms with E-state index in [4.69, 9.17) is 0 Å². The molecule has 0 aromatic carbocycles. The molecule has 2 aliphatic rings. The molecular weight excluding hydrogens is 191 g/mol. The van der Waals surface area contributed by atoms with Crippen LogP contribution < -0.4 is 4.99 Å². The first-order chi connectivity index (χ1) is 6.57. The van der Waals surface area contributed by atoms with Crippen LogP contribution >= 0.6 is 0 Å². The summed E-state index contributed by atoms with van der Waals surface area (Å²) < 4.78 is 37.0. The van der Waals surface area contributed by atoms with Crippen LogP contribution in [-0.2, 0) is 0 Å². The number of hydrogen-bond acceptors (Lipinski definition) is 0. The Morgan fingerprint density at radius 3 is 2.86 bits per heavy atom. The molecule has 0 aromatic heterocycles. The molecule has 0 saturated carbocycles. The van der Waals surface area contributed by atoms with Crippen molar-refractivity contribution in [2.75, 3.05) is 6.54 Å². The maximum absolute atomic E-state index is 12.3. The molecule has 0 bridgehead atoms. The van der Waals surface area contributed by atoms with Crippen LogP contribution in [0.25, 0.3) is 0 Å². The highest BCUT2D eigenvalue weighted by atomic mass is 19.4. The van der Waals surface area contributed by atoms with Crippen LogP contribution in [0.3, 0.4) is 0 Å². The topological polar surface area (TPSA) is 14.0 Å². The van der Waals surface area contributed by atoms with Crippen LogP contribution in [-0.4, -0.2) is 18.4 Å². The van der Waals surface area contributed by atoms with Crippen LogP contribution in [0, 0.1) is 5.92 Å². The highest BCUT2D eigenvalue weighted by molar-refractivity contribution is 5.96. The largest absolute Gasteiger partial charge is 0.416 e. The number of alkyl halides is 3. The molecule has 0 saturated heterocycles. The summed E-state index contributed by atoms with van der Waals surface area (Å²) in [7, 11) is 0. The average Bonchev–Trinajstić information content (AvgIpc) is 2.16. The lowest BCUT2D eigenvalue weighted by Crippen LogP contribution is -2.76. The lowest BCUT2D eigenvalue weighted by atomic mass is 9.88. The molecule has 1 aliphatic carbocycles. The Labute approximate surface area is 80.0 Å². The maximum atomic E-state index is 12.3. The zero-order valence-electron chi connectivity index (χ0n) is 7.56. The zero-order chi connectivity index (χ0) is 10.2. The van der Waals surface area contributed by atoms with Gasteiger partial charge in [-0.3, -0.25) is 0 Å². The van der Waals surface area contributed by atoms with Crippen LogP contribution in [0.5, 0.6) is 0 Å². The fourth-order valence-electron chi connectivity index (χ4n) is 1.81. The SMILES string of the molecule is FC(F)(F)C1=CC2=[NH+]CCCC2C=C1. The molecule has 0 fully saturated rings. The summed E-state index contributed by atoms with van der Waals surface area (Å²) in [6.45, 7) is 0.779. The smallest absolute Gasteiger partial charge is 0.245 e. The van der Waals surface area contributed by atoms with Crippen molar-refractivity contribution in [2.24, 2.45) is 5.92 Å². The molecule has 1 heterocycles. The molecule has 76 valence electrons. The normalized spacial score (nSPS) is 26.6. The molecule has 2 rings (SSSR count). The van der Waals surface area contributed by atoms with Crippen LogP contribution in [0.15, 0.2) is 23.8 Å². The lowest BCUT2D eigenvalue weighted by molar-refractivity contribution is -0.464. The van der Waals surface area contributed by atoms with Crippen molar-refractivity contribution in [3.8, 4) is 0 Å². The molecule has 1 atom stereocenters. The van der Waals surface area contributed by atoms with Crippen molar-refractivity contribution < 1.29 is 18.2 Å². The Morgan fingerprint density at radius 2 is 2.14 bits per heavy atom. The highest BCUT2D eigenvalue weighted by Crippen LogP contribution is 2.30. The number of hydrogen-bond donors (Lipinski definition) is 1. The van der Waals surface area contributed by atoms with Gasteiger partial charge in [-0.25, -0.2) is 4.99 Å². The van der Waals surface area contributed by atoms with Gasteiger partial charge in [0.15, 0.2) is 5.71 Å². The first-order valence-electron chi connectivity index (χ1n) is 4.65. The van der Waals surface area contributed by atoms with Gasteiger partial charge < -0.3 is 0 Å². The molecular formula is C10H11F3N+. The molecule has 4 heteroatoms. The highest BCUT2D eigenvalue weighted by Gasteiger charge is 2.36. The van der Waals surface area contributed by atoms with Gasteiger partial charge in [0.05, 0.1) is 11.5 Å². The number of allylic oxidation sites excluding steroid dienone is 4. The number of rotatable bonds is 0. The fraction of sp³-hybridized carbons (Fsp3) is 0.500. The van der Waals surface area contributed by atoms with Crippen LogP contribution in [0.2, 0.25) is 0 Å². The van der Waals surface area contributed by atoms with E-state index >= 15 is 0 Å². The van der Waals surface area contributed by atoms with E-state index in [2.05, 4.69) is 4.99 Å². The third-order valence-corrected chi connectivity index (χ3v) is 2.57. The van der Waals surface area contributed by atoms with Gasteiger partial charge in [-0.2, -0.15) is 13.2 Å². The second-order valence-corrected chi connectivity index (χ2v) is 3.59. The standard InChI is InChI=1S/C10H10F3N/c11-10(12,13)8-4-3-7-2-1-5-14-9(7)6-8/h3-4,6-7H,1-2,5H2/p+1. The van der Waals surface area contributed by atoms with Gasteiger partial charge >= 0.3 is 6.18 Å². The summed E-state index contributed by atoms with van der Waals surface area (Å²) in [5.74, 6) is 0.162. The Bertz CT molecular complexity index is 323. The monoisotopic (exact) mass is 202 g/mol. The molecule has 0 amide bonds. The van der Waals surface area contributed by atoms with E-state index in [0.717, 1.165) is 19.4 Å². The predicted octanol–water partition coefficient (Wildman–Crippen LogP) is 0.976. The van der Waals surface area contributed by atoms with Gasteiger partial charge in [-0.15, -0.1) is 0 Å². The number of halogens is 3. The predicted molar refractivity (Wildman–Crippen MR) is 46.8 cm³/mol. The van der Waals surface area contributed by atoms with E-state index in [0.29, 0.717) is 5.71 Å². The van der Waals surface area contributed by atoms with Crippen LogP contribution in [0.1, 0.15) is 12.8 Å². The number of fused-ring (bicyclic) bond motifs is 1. The lowest BCUT2D eigenvalue weighted by Gasteiger charge is -2.18. The van der Waals surface area contributed by atoms with Gasteiger partial charge in [-0.05, 0) is 6.42 Å². The summed E-state index contributed by atoms with van der Waals surface area (Å²) in [5.41, 5.74) is 0.157. The summed E-state index contributed by atoms with van der Waals surface area (Å²) in [6, 6.07) is 0. The van der Waals surface area contributed by atoms with Crippen LogP contribution in [0.4, 0.5) is 13.2 Å².